The molecule has 0 saturated carbocycles. The van der Waals surface area contributed by atoms with Crippen LogP contribution in [0.5, 0.6) is 11.5 Å². The van der Waals surface area contributed by atoms with Crippen molar-refractivity contribution in [2.24, 2.45) is 0 Å². The molecule has 9 aromatic carbocycles. The van der Waals surface area contributed by atoms with Crippen molar-refractivity contribution in [3.05, 3.63) is 235 Å². The minimum absolute atomic E-state index is 0. The van der Waals surface area contributed by atoms with Crippen LogP contribution in [0.15, 0.2) is 194 Å². The molecule has 1 aliphatic heterocycles. The summed E-state index contributed by atoms with van der Waals surface area (Å²) in [7, 11) is 0. The summed E-state index contributed by atoms with van der Waals surface area (Å²) in [6.45, 7) is 7.13. The van der Waals surface area contributed by atoms with E-state index in [1.54, 1.807) is 16.7 Å². The molecule has 13 rings (SSSR count). The summed E-state index contributed by atoms with van der Waals surface area (Å²) >= 11 is 0. The normalized spacial score (nSPS) is 14.5. The summed E-state index contributed by atoms with van der Waals surface area (Å²) in [5.41, 5.74) is 9.42. The molecule has 0 spiro atoms. The average Bonchev–Trinajstić information content (AvgIpc) is 1.66. The van der Waals surface area contributed by atoms with Gasteiger partial charge in [0, 0.05) is 52.5 Å². The van der Waals surface area contributed by atoms with Gasteiger partial charge in [0.05, 0.1) is 23.6 Å². The smallest absolute Gasteiger partial charge is 0.268 e. The Balaban J connectivity index is 0.00000739. The number of benzene rings is 9. The molecule has 3 aromatic heterocycles. The predicted octanol–water partition coefficient (Wildman–Crippen LogP) is 17.4. The number of aryl methyl sites for hydroxylation is 2. The summed E-state index contributed by atoms with van der Waals surface area (Å²) in [6.07, 6.45) is 5.54. The second kappa shape index (κ2) is 18.6. The number of aromatic nitrogens is 4. The monoisotopic (exact) mass is 1170 g/mol. The van der Waals surface area contributed by atoms with E-state index in [1.165, 1.54) is 18.2 Å². The first-order valence-electron chi connectivity index (χ1n) is 30.5. The maximum Gasteiger partial charge on any atom is 0.268 e. The number of hydrogen-bond donors (Lipinski definition) is 0. The summed E-state index contributed by atoms with van der Waals surface area (Å²) in [6, 6.07) is 54.1. The van der Waals surface area contributed by atoms with E-state index >= 15 is 0 Å². The summed E-state index contributed by atoms with van der Waals surface area (Å²) < 4.78 is 111. The van der Waals surface area contributed by atoms with Gasteiger partial charge in [-0.25, -0.2) is 4.98 Å². The molecule has 1 aliphatic rings. The number of imidazole rings is 1. The van der Waals surface area contributed by atoms with E-state index in [-0.39, 0.29) is 48.7 Å². The SMILES string of the molecule is [2H]c1c([2H])c([2H])c(-c2cc3c4c(c2)n(-c2[c-]c(Oc5[c-]c6c(cc5)c5ccccc5n6-c5cc(C(C)(C)C)ccn5)ccc2)[c-][n+]4-c2c(cc(C(C)(C)C)cc2-c2c(C([2H])([2H])[2H])cccc2C([2H])([2H])[2H])-c2ccccc2-c2ccccc2-3)c([2H])c1[2H].[Pt]. The molecule has 0 unspecified atom stereocenters. The zero-order valence-electron chi connectivity index (χ0n) is 53.6. The number of fused-ring (bicyclic) bond motifs is 10. The van der Waals surface area contributed by atoms with Gasteiger partial charge in [-0.2, -0.15) is 18.2 Å². The predicted molar refractivity (Wildman–Crippen MR) is 308 cm³/mol. The van der Waals surface area contributed by atoms with Gasteiger partial charge in [0.2, 0.25) is 0 Å². The third kappa shape index (κ3) is 8.20. The van der Waals surface area contributed by atoms with Crippen molar-refractivity contribution in [1.29, 1.82) is 0 Å². The third-order valence-corrected chi connectivity index (χ3v) is 14.4. The first-order chi connectivity index (χ1) is 40.8. The molecule has 0 aliphatic carbocycles. The van der Waals surface area contributed by atoms with Crippen LogP contribution in [-0.2, 0) is 31.9 Å². The van der Waals surface area contributed by atoms with Crippen molar-refractivity contribution in [2.75, 3.05) is 0 Å². The topological polar surface area (TPSA) is 35.9 Å². The van der Waals surface area contributed by atoms with Gasteiger partial charge in [-0.05, 0) is 138 Å². The largest absolute Gasteiger partial charge is 0.510 e. The minimum atomic E-state index is -2.78. The minimum Gasteiger partial charge on any atom is -0.510 e. The van der Waals surface area contributed by atoms with E-state index < -0.39 is 49.3 Å². The van der Waals surface area contributed by atoms with Crippen molar-refractivity contribution >= 4 is 32.8 Å². The van der Waals surface area contributed by atoms with Crippen molar-refractivity contribution in [3.8, 4) is 84.3 Å². The van der Waals surface area contributed by atoms with Crippen molar-refractivity contribution in [2.45, 2.75) is 66.1 Å². The summed E-state index contributed by atoms with van der Waals surface area (Å²) in [5.74, 6) is 1.44. The molecule has 0 saturated heterocycles. The molecule has 0 radical (unpaired) electrons. The Labute approximate surface area is 475 Å². The Morgan fingerprint density at radius 2 is 1.20 bits per heavy atom. The van der Waals surface area contributed by atoms with Crippen molar-refractivity contribution < 1.29 is 45.4 Å². The molecule has 12 aromatic rings. The van der Waals surface area contributed by atoms with Gasteiger partial charge in [-0.1, -0.05) is 180 Å². The van der Waals surface area contributed by atoms with Crippen LogP contribution in [0, 0.1) is 32.2 Å². The molecule has 0 atom stereocenters. The number of pyridine rings is 1. The van der Waals surface area contributed by atoms with Gasteiger partial charge in [-0.15, -0.1) is 29.7 Å². The van der Waals surface area contributed by atoms with Crippen LogP contribution in [0.4, 0.5) is 0 Å². The second-order valence-corrected chi connectivity index (χ2v) is 21.2. The molecule has 374 valence electrons. The second-order valence-electron chi connectivity index (χ2n) is 21.2. The molecular formula is C70H56N4OPt-2. The fourth-order valence-corrected chi connectivity index (χ4v) is 10.7. The van der Waals surface area contributed by atoms with E-state index in [1.807, 2.05) is 114 Å². The quantitative estimate of drug-likeness (QED) is 0.123. The number of nitrogens with zero attached hydrogens (tertiary/aromatic N) is 4. The number of para-hydroxylation sites is 1. The van der Waals surface area contributed by atoms with E-state index in [2.05, 4.69) is 88.8 Å². The van der Waals surface area contributed by atoms with Gasteiger partial charge >= 0.3 is 0 Å². The van der Waals surface area contributed by atoms with Gasteiger partial charge in [0.15, 0.2) is 0 Å². The maximum absolute atomic E-state index is 9.33. The summed E-state index contributed by atoms with van der Waals surface area (Å²) in [4.78, 5) is 4.86. The van der Waals surface area contributed by atoms with E-state index in [4.69, 9.17) is 22.1 Å². The Bertz CT molecular complexity index is 4750. The van der Waals surface area contributed by atoms with Crippen molar-refractivity contribution in [1.82, 2.24) is 14.1 Å². The van der Waals surface area contributed by atoms with Crippen LogP contribution >= 0.6 is 0 Å². The Kier molecular flexibility index (Phi) is 9.21. The molecule has 0 N–H and O–H groups in total. The first-order valence-corrected chi connectivity index (χ1v) is 25.0. The van der Waals surface area contributed by atoms with E-state index in [0.717, 1.165) is 61.0 Å². The zero-order chi connectivity index (χ0) is 60.7. The molecule has 5 nitrogen and oxygen atoms in total. The zero-order valence-corrected chi connectivity index (χ0v) is 44.9. The number of hydrogen-bond acceptors (Lipinski definition) is 2. The molecular weight excluding hydrogens is 1110 g/mol. The number of rotatable bonds is 6. The van der Waals surface area contributed by atoms with Crippen LogP contribution in [-0.4, -0.2) is 14.1 Å². The fraction of sp³-hybridized carbons (Fsp3) is 0.143. The molecule has 0 amide bonds. The van der Waals surface area contributed by atoms with E-state index in [0.29, 0.717) is 56.2 Å². The molecule has 0 bridgehead atoms. The maximum atomic E-state index is 9.33. The van der Waals surface area contributed by atoms with Crippen LogP contribution in [0.1, 0.15) is 78.9 Å². The van der Waals surface area contributed by atoms with Gasteiger partial charge in [-0.3, -0.25) is 4.57 Å². The Morgan fingerprint density at radius 3 is 1.91 bits per heavy atom. The van der Waals surface area contributed by atoms with Crippen LogP contribution < -0.4 is 9.30 Å². The molecule has 76 heavy (non-hydrogen) atoms. The van der Waals surface area contributed by atoms with Crippen LogP contribution in [0.2, 0.25) is 0 Å². The van der Waals surface area contributed by atoms with Gasteiger partial charge in [0.25, 0.3) is 6.33 Å². The third-order valence-electron chi connectivity index (χ3n) is 14.4. The first kappa shape index (κ1) is 37.6. The molecule has 4 heterocycles. The average molecular weight is 1180 g/mol. The van der Waals surface area contributed by atoms with Crippen LogP contribution in [0.3, 0.4) is 0 Å². The van der Waals surface area contributed by atoms with Crippen molar-refractivity contribution in [3.63, 3.8) is 0 Å². The fourth-order valence-electron chi connectivity index (χ4n) is 10.7. The van der Waals surface area contributed by atoms with Gasteiger partial charge in [0.1, 0.15) is 5.82 Å². The Morgan fingerprint density at radius 1 is 0.553 bits per heavy atom. The number of ether oxygens (including phenoxy) is 1. The molecule has 0 fully saturated rings. The summed E-state index contributed by atoms with van der Waals surface area (Å²) in [5, 5.41) is 1.98. The van der Waals surface area contributed by atoms with Crippen LogP contribution in [0.25, 0.3) is 106 Å². The Hall–Kier alpha value is -8.11. The molecule has 6 heteroatoms. The van der Waals surface area contributed by atoms with Gasteiger partial charge < -0.3 is 13.9 Å². The van der Waals surface area contributed by atoms with E-state index in [9.17, 15) is 2.74 Å². The standard InChI is InChI=1S/C70H56N4O.Pt/c1-44-20-18-21-45(2)66(44)61-39-49(70(6,7)8)38-60-56-29-15-13-27-54(56)53-26-12-14-28-55(53)59-36-47(46-22-10-9-11-23-46)37-64-68(59)73(67(60)61)43-72(64)50-24-19-25-51(41-50)75-52-32-33-58-57-30-16-17-31-62(57)74(63(58)42-52)65-40-48(34-35-71-65)69(3,4)5;/h9-40H,1-8H3;/q-2;/i1D3,2D3,9D,10D,11D,22D,23D;.